The highest BCUT2D eigenvalue weighted by Gasteiger charge is 2.50. The molecule has 1 aliphatic carbocycles. The van der Waals surface area contributed by atoms with Gasteiger partial charge in [-0.2, -0.15) is 0 Å². The molecular weight excluding hydrogens is 478 g/mol. The fourth-order valence-electron chi connectivity index (χ4n) is 5.51. The molecule has 1 spiro atoms. The first-order chi connectivity index (χ1) is 17.5. The summed E-state index contributed by atoms with van der Waals surface area (Å²) in [6.45, 7) is 5.12. The molecule has 0 atom stereocenters. The molecule has 36 heavy (non-hydrogen) atoms. The number of carbonyl (C=O) groups is 2. The number of para-hydroxylation sites is 1. The van der Waals surface area contributed by atoms with E-state index in [1.165, 1.54) is 23.8 Å². The Kier molecular flexibility index (Phi) is 5.40. The number of likely N-dealkylation sites (tertiary alicyclic amines) is 1. The van der Waals surface area contributed by atoms with E-state index >= 15 is 0 Å². The van der Waals surface area contributed by atoms with E-state index in [2.05, 4.69) is 21.4 Å². The lowest BCUT2D eigenvalue weighted by Crippen LogP contribution is -2.42. The van der Waals surface area contributed by atoms with Gasteiger partial charge in [0.05, 0.1) is 28.6 Å². The van der Waals surface area contributed by atoms with E-state index in [4.69, 9.17) is 14.1 Å². The smallest absolute Gasteiger partial charge is 0.268 e. The number of hydrogen-bond donors (Lipinski definition) is 1. The maximum atomic E-state index is 13.2. The number of fused-ring (bicyclic) bond motifs is 1. The SMILES string of the molecule is C=CC(=O)N1CC[C@]2(C1)C[C@H](n1c(NC(=O)c3ccc(-c4cnco4)s3)nc3c(OC)cccc31)C2. The quantitative estimate of drug-likeness (QED) is 0.381. The summed E-state index contributed by atoms with van der Waals surface area (Å²) in [5, 5.41) is 3.03. The number of hydrogen-bond acceptors (Lipinski definition) is 7. The van der Waals surface area contributed by atoms with Crippen LogP contribution in [0.1, 0.15) is 35.0 Å². The monoisotopic (exact) mass is 503 g/mol. The maximum absolute atomic E-state index is 13.2. The molecule has 1 aromatic carbocycles. The first kappa shape index (κ1) is 22.5. The van der Waals surface area contributed by atoms with Crippen molar-refractivity contribution in [1.82, 2.24) is 19.4 Å². The average molecular weight is 504 g/mol. The van der Waals surface area contributed by atoms with Gasteiger partial charge in [-0.15, -0.1) is 11.3 Å². The number of oxazole rings is 1. The number of benzene rings is 1. The summed E-state index contributed by atoms with van der Waals surface area (Å²) in [4.78, 5) is 37.3. The number of aromatic nitrogens is 3. The van der Waals surface area contributed by atoms with E-state index in [1.54, 1.807) is 19.4 Å². The number of rotatable bonds is 6. The zero-order valence-electron chi connectivity index (χ0n) is 19.8. The highest BCUT2D eigenvalue weighted by Crippen LogP contribution is 2.55. The molecule has 10 heteroatoms. The van der Waals surface area contributed by atoms with Crippen LogP contribution in [0.4, 0.5) is 5.95 Å². The van der Waals surface area contributed by atoms with Gasteiger partial charge in [-0.1, -0.05) is 12.6 Å². The van der Waals surface area contributed by atoms with E-state index in [-0.39, 0.29) is 23.3 Å². The summed E-state index contributed by atoms with van der Waals surface area (Å²) in [6.07, 6.45) is 7.17. The Morgan fingerprint density at radius 1 is 1.31 bits per heavy atom. The topological polar surface area (TPSA) is 102 Å². The van der Waals surface area contributed by atoms with Crippen molar-refractivity contribution in [2.24, 2.45) is 5.41 Å². The van der Waals surface area contributed by atoms with Crippen LogP contribution in [0.15, 0.2) is 60.0 Å². The minimum atomic E-state index is -0.237. The van der Waals surface area contributed by atoms with E-state index < -0.39 is 0 Å². The number of thiophene rings is 1. The van der Waals surface area contributed by atoms with E-state index in [9.17, 15) is 9.59 Å². The summed E-state index contributed by atoms with van der Waals surface area (Å²) in [7, 11) is 1.62. The molecule has 0 bridgehead atoms. The molecule has 4 aromatic rings. The summed E-state index contributed by atoms with van der Waals surface area (Å²) in [6, 6.07) is 9.57. The second kappa shape index (κ2) is 8.63. The lowest BCUT2D eigenvalue weighted by atomic mass is 9.65. The first-order valence-electron chi connectivity index (χ1n) is 11.8. The fourth-order valence-corrected chi connectivity index (χ4v) is 6.37. The van der Waals surface area contributed by atoms with Gasteiger partial charge in [-0.25, -0.2) is 9.97 Å². The van der Waals surface area contributed by atoms with Gasteiger partial charge in [-0.3, -0.25) is 14.9 Å². The predicted molar refractivity (Wildman–Crippen MR) is 136 cm³/mol. The van der Waals surface area contributed by atoms with Crippen molar-refractivity contribution in [3.63, 3.8) is 0 Å². The van der Waals surface area contributed by atoms with E-state index in [1.807, 2.05) is 29.2 Å². The number of anilines is 1. The zero-order chi connectivity index (χ0) is 24.9. The highest BCUT2D eigenvalue weighted by molar-refractivity contribution is 7.17. The molecule has 0 unspecified atom stereocenters. The van der Waals surface area contributed by atoms with Gasteiger partial charge >= 0.3 is 0 Å². The molecule has 2 fully saturated rings. The Bertz CT molecular complexity index is 1460. The standard InChI is InChI=1S/C26H25N5O4S/c1-3-22(32)30-10-9-26(14-30)11-16(12-26)31-17-5-4-6-18(34-2)23(17)28-25(31)29-24(33)21-8-7-20(36-21)19-13-27-15-35-19/h3-8,13,15-16H,1,9-12,14H2,2H3,(H,28,29,33)/t16-,26-. The number of nitrogens with one attached hydrogen (secondary N) is 1. The van der Waals surface area contributed by atoms with Gasteiger partial charge in [0.15, 0.2) is 12.2 Å². The largest absolute Gasteiger partial charge is 0.494 e. The number of imidazole rings is 1. The van der Waals surface area contributed by atoms with Gasteiger partial charge < -0.3 is 18.6 Å². The molecule has 1 N–H and O–H groups in total. The number of carbonyl (C=O) groups excluding carboxylic acids is 2. The Balaban J connectivity index is 1.29. The maximum Gasteiger partial charge on any atom is 0.268 e. The van der Waals surface area contributed by atoms with E-state index in [0.717, 1.165) is 42.7 Å². The van der Waals surface area contributed by atoms with Gasteiger partial charge in [0.1, 0.15) is 11.3 Å². The van der Waals surface area contributed by atoms with Crippen LogP contribution in [0, 0.1) is 5.41 Å². The van der Waals surface area contributed by atoms with Gasteiger partial charge in [0.25, 0.3) is 5.91 Å². The van der Waals surface area contributed by atoms with Gasteiger partial charge in [0, 0.05) is 19.1 Å². The van der Waals surface area contributed by atoms with Crippen LogP contribution in [0.3, 0.4) is 0 Å². The second-order valence-electron chi connectivity index (χ2n) is 9.39. The fraction of sp³-hybridized carbons (Fsp3) is 0.308. The first-order valence-corrected chi connectivity index (χ1v) is 12.6. The third-order valence-corrected chi connectivity index (χ3v) is 8.36. The average Bonchev–Trinajstić information content (AvgIpc) is 3.66. The number of nitrogens with zero attached hydrogens (tertiary/aromatic N) is 4. The van der Waals surface area contributed by atoms with Crippen molar-refractivity contribution in [2.45, 2.75) is 25.3 Å². The third-order valence-electron chi connectivity index (χ3n) is 7.26. The number of amides is 2. The van der Waals surface area contributed by atoms with Gasteiger partial charge in [-0.05, 0) is 55.0 Å². The Morgan fingerprint density at radius 2 is 2.17 bits per heavy atom. The Labute approximate surface area is 211 Å². The molecule has 9 nitrogen and oxygen atoms in total. The molecular formula is C26H25N5O4S. The second-order valence-corrected chi connectivity index (χ2v) is 10.5. The number of ether oxygens (including phenoxy) is 1. The van der Waals surface area contributed by atoms with Crippen molar-refractivity contribution in [3.05, 3.63) is 60.5 Å². The highest BCUT2D eigenvalue weighted by atomic mass is 32.1. The summed E-state index contributed by atoms with van der Waals surface area (Å²) in [5.41, 5.74) is 1.72. The normalized spacial score (nSPS) is 21.0. The number of methoxy groups -OCH3 is 1. The van der Waals surface area contributed by atoms with Crippen molar-refractivity contribution in [1.29, 1.82) is 0 Å². The molecule has 2 amide bonds. The summed E-state index contributed by atoms with van der Waals surface area (Å²) >= 11 is 1.33. The van der Waals surface area contributed by atoms with Crippen LogP contribution < -0.4 is 10.1 Å². The predicted octanol–water partition coefficient (Wildman–Crippen LogP) is 4.75. The van der Waals surface area contributed by atoms with Crippen LogP contribution in [0.25, 0.3) is 21.7 Å². The van der Waals surface area contributed by atoms with Crippen LogP contribution in [0.2, 0.25) is 0 Å². The molecule has 4 heterocycles. The molecule has 1 aliphatic heterocycles. The zero-order valence-corrected chi connectivity index (χ0v) is 20.6. The van der Waals surface area contributed by atoms with Crippen molar-refractivity contribution in [3.8, 4) is 16.4 Å². The Hall–Kier alpha value is -3.92. The van der Waals surface area contributed by atoms with Crippen LogP contribution in [0.5, 0.6) is 5.75 Å². The molecule has 6 rings (SSSR count). The minimum absolute atomic E-state index is 0.0123. The van der Waals surface area contributed by atoms with E-state index in [0.29, 0.717) is 27.9 Å². The molecule has 2 aliphatic rings. The van der Waals surface area contributed by atoms with Crippen molar-refractivity contribution in [2.75, 3.05) is 25.5 Å². The lowest BCUT2D eigenvalue weighted by Gasteiger charge is -2.46. The molecule has 1 saturated carbocycles. The summed E-state index contributed by atoms with van der Waals surface area (Å²) in [5.74, 6) is 1.52. The third kappa shape index (κ3) is 3.69. The summed E-state index contributed by atoms with van der Waals surface area (Å²) < 4.78 is 13.0. The van der Waals surface area contributed by atoms with Crippen LogP contribution in [-0.4, -0.2) is 51.4 Å². The molecule has 184 valence electrons. The van der Waals surface area contributed by atoms with Crippen LogP contribution >= 0.6 is 11.3 Å². The molecule has 0 radical (unpaired) electrons. The molecule has 1 saturated heterocycles. The van der Waals surface area contributed by atoms with Gasteiger partial charge in [0.2, 0.25) is 11.9 Å². The van der Waals surface area contributed by atoms with Crippen molar-refractivity contribution >= 4 is 40.1 Å². The van der Waals surface area contributed by atoms with Crippen LogP contribution in [-0.2, 0) is 4.79 Å². The lowest BCUT2D eigenvalue weighted by molar-refractivity contribution is -0.125. The molecule has 3 aromatic heterocycles. The minimum Gasteiger partial charge on any atom is -0.494 e. The van der Waals surface area contributed by atoms with Crippen molar-refractivity contribution < 1.29 is 18.7 Å². The Morgan fingerprint density at radius 3 is 2.92 bits per heavy atom.